The lowest BCUT2D eigenvalue weighted by Gasteiger charge is -2.30. The average Bonchev–Trinajstić information content (AvgIpc) is 2.94. The summed E-state index contributed by atoms with van der Waals surface area (Å²) in [7, 11) is 0. The van der Waals surface area contributed by atoms with Crippen molar-refractivity contribution in [1.82, 2.24) is 10.3 Å². The summed E-state index contributed by atoms with van der Waals surface area (Å²) in [4.78, 5) is 6.92. The highest BCUT2D eigenvalue weighted by atomic mass is 16.5. The smallest absolute Gasteiger partial charge is 0.133 e. The monoisotopic (exact) mass is 233 g/mol. The normalized spacial score (nSPS) is 25.2. The van der Waals surface area contributed by atoms with E-state index in [-0.39, 0.29) is 0 Å². The standard InChI is InChI=1S/C13H19N3O/c1-3-11(12-4-2-5-14-12)13(15-6-1)16-7-9-17-10-8-16/h1,3,6,12,14H,2,4-5,7-10H2/t12-/m1/s1. The number of anilines is 1. The van der Waals surface area contributed by atoms with Crippen LogP contribution in [0.15, 0.2) is 18.3 Å². The van der Waals surface area contributed by atoms with Crippen molar-refractivity contribution in [3.8, 4) is 0 Å². The van der Waals surface area contributed by atoms with Gasteiger partial charge in [0.1, 0.15) is 5.82 Å². The van der Waals surface area contributed by atoms with Crippen LogP contribution in [0.5, 0.6) is 0 Å². The van der Waals surface area contributed by atoms with E-state index >= 15 is 0 Å². The zero-order valence-electron chi connectivity index (χ0n) is 10.1. The van der Waals surface area contributed by atoms with E-state index in [1.54, 1.807) is 0 Å². The Morgan fingerprint density at radius 3 is 3.00 bits per heavy atom. The summed E-state index contributed by atoms with van der Waals surface area (Å²) in [5.74, 6) is 1.15. The van der Waals surface area contributed by atoms with Gasteiger partial charge >= 0.3 is 0 Å². The predicted octanol–water partition coefficient (Wildman–Crippen LogP) is 1.34. The molecular formula is C13H19N3O. The molecule has 3 rings (SSSR count). The molecule has 0 amide bonds. The van der Waals surface area contributed by atoms with E-state index in [2.05, 4.69) is 21.3 Å². The van der Waals surface area contributed by atoms with Gasteiger partial charge in [-0.15, -0.1) is 0 Å². The van der Waals surface area contributed by atoms with Crippen molar-refractivity contribution >= 4 is 5.82 Å². The molecule has 1 aromatic rings. The molecule has 0 spiro atoms. The zero-order chi connectivity index (χ0) is 11.5. The number of nitrogens with zero attached hydrogens (tertiary/aromatic N) is 2. The Hall–Kier alpha value is -1.13. The number of ether oxygens (including phenoxy) is 1. The van der Waals surface area contributed by atoms with Crippen LogP contribution >= 0.6 is 0 Å². The number of nitrogens with one attached hydrogen (secondary N) is 1. The van der Waals surface area contributed by atoms with E-state index in [4.69, 9.17) is 4.74 Å². The number of pyridine rings is 1. The number of rotatable bonds is 2. The molecule has 1 N–H and O–H groups in total. The molecule has 1 atom stereocenters. The van der Waals surface area contributed by atoms with Gasteiger partial charge in [-0.3, -0.25) is 0 Å². The van der Waals surface area contributed by atoms with Crippen molar-refractivity contribution < 1.29 is 4.74 Å². The molecule has 92 valence electrons. The Kier molecular flexibility index (Phi) is 3.25. The van der Waals surface area contributed by atoms with Gasteiger partial charge in [0, 0.05) is 30.9 Å². The van der Waals surface area contributed by atoms with Gasteiger partial charge in [0.05, 0.1) is 13.2 Å². The van der Waals surface area contributed by atoms with Gasteiger partial charge < -0.3 is 15.0 Å². The second-order valence-corrected chi connectivity index (χ2v) is 4.66. The van der Waals surface area contributed by atoms with Crippen LogP contribution in [0.1, 0.15) is 24.4 Å². The van der Waals surface area contributed by atoms with E-state index < -0.39 is 0 Å². The van der Waals surface area contributed by atoms with Crippen molar-refractivity contribution in [2.75, 3.05) is 37.7 Å². The summed E-state index contributed by atoms with van der Waals surface area (Å²) in [6.45, 7) is 4.66. The fourth-order valence-corrected chi connectivity index (χ4v) is 2.67. The van der Waals surface area contributed by atoms with E-state index in [0.29, 0.717) is 6.04 Å². The molecule has 17 heavy (non-hydrogen) atoms. The van der Waals surface area contributed by atoms with Crippen molar-refractivity contribution in [2.45, 2.75) is 18.9 Å². The molecule has 0 unspecified atom stereocenters. The number of hydrogen-bond acceptors (Lipinski definition) is 4. The first-order valence-corrected chi connectivity index (χ1v) is 6.46. The quantitative estimate of drug-likeness (QED) is 0.836. The second-order valence-electron chi connectivity index (χ2n) is 4.66. The molecule has 4 heteroatoms. The lowest BCUT2D eigenvalue weighted by Crippen LogP contribution is -2.37. The van der Waals surface area contributed by atoms with Crippen LogP contribution in [0.4, 0.5) is 5.82 Å². The van der Waals surface area contributed by atoms with E-state index in [1.807, 2.05) is 12.3 Å². The predicted molar refractivity (Wildman–Crippen MR) is 67.2 cm³/mol. The minimum Gasteiger partial charge on any atom is -0.378 e. The molecule has 2 aliphatic heterocycles. The molecule has 3 heterocycles. The highest BCUT2D eigenvalue weighted by Crippen LogP contribution is 2.30. The van der Waals surface area contributed by atoms with Gasteiger partial charge in [-0.2, -0.15) is 0 Å². The lowest BCUT2D eigenvalue weighted by atomic mass is 10.1. The number of morpholine rings is 1. The fraction of sp³-hybridized carbons (Fsp3) is 0.615. The summed E-state index contributed by atoms with van der Waals surface area (Å²) >= 11 is 0. The van der Waals surface area contributed by atoms with Crippen LogP contribution in [-0.4, -0.2) is 37.8 Å². The summed E-state index contributed by atoms with van der Waals surface area (Å²) in [5, 5.41) is 3.55. The van der Waals surface area contributed by atoms with Crippen LogP contribution < -0.4 is 10.2 Å². The van der Waals surface area contributed by atoms with Crippen molar-refractivity contribution in [2.24, 2.45) is 0 Å². The molecule has 0 saturated carbocycles. The summed E-state index contributed by atoms with van der Waals surface area (Å²) in [6.07, 6.45) is 4.38. The highest BCUT2D eigenvalue weighted by Gasteiger charge is 2.23. The van der Waals surface area contributed by atoms with E-state index in [0.717, 1.165) is 38.7 Å². The van der Waals surface area contributed by atoms with E-state index in [1.165, 1.54) is 18.4 Å². The molecule has 1 aromatic heterocycles. The first kappa shape index (κ1) is 11.0. The Labute approximate surface area is 102 Å². The van der Waals surface area contributed by atoms with Gasteiger partial charge in [-0.1, -0.05) is 6.07 Å². The highest BCUT2D eigenvalue weighted by molar-refractivity contribution is 5.49. The van der Waals surface area contributed by atoms with Gasteiger partial charge in [0.25, 0.3) is 0 Å². The Morgan fingerprint density at radius 1 is 1.35 bits per heavy atom. The molecule has 2 fully saturated rings. The Morgan fingerprint density at radius 2 is 2.24 bits per heavy atom. The topological polar surface area (TPSA) is 37.4 Å². The van der Waals surface area contributed by atoms with E-state index in [9.17, 15) is 0 Å². The first-order valence-electron chi connectivity index (χ1n) is 6.46. The average molecular weight is 233 g/mol. The third-order valence-corrected chi connectivity index (χ3v) is 3.56. The molecule has 0 radical (unpaired) electrons. The minimum absolute atomic E-state index is 0.488. The molecule has 0 bridgehead atoms. The molecule has 2 saturated heterocycles. The van der Waals surface area contributed by atoms with Crippen LogP contribution in [0, 0.1) is 0 Å². The van der Waals surface area contributed by atoms with Crippen LogP contribution in [-0.2, 0) is 4.74 Å². The van der Waals surface area contributed by atoms with Gasteiger partial charge in [-0.25, -0.2) is 4.98 Å². The molecular weight excluding hydrogens is 214 g/mol. The Bertz CT molecular complexity index is 371. The minimum atomic E-state index is 0.488. The second kappa shape index (κ2) is 5.02. The maximum atomic E-state index is 5.40. The van der Waals surface area contributed by atoms with Crippen molar-refractivity contribution in [1.29, 1.82) is 0 Å². The molecule has 4 nitrogen and oxygen atoms in total. The number of hydrogen-bond donors (Lipinski definition) is 1. The van der Waals surface area contributed by atoms with Crippen molar-refractivity contribution in [3.05, 3.63) is 23.9 Å². The lowest BCUT2D eigenvalue weighted by molar-refractivity contribution is 0.122. The SMILES string of the molecule is c1cnc(N2CCOCC2)c([C@H]2CCCN2)c1. The van der Waals surface area contributed by atoms with Crippen LogP contribution in [0.25, 0.3) is 0 Å². The molecule has 0 aliphatic carbocycles. The summed E-state index contributed by atoms with van der Waals surface area (Å²) in [5.41, 5.74) is 1.35. The molecule has 2 aliphatic rings. The first-order chi connectivity index (χ1) is 8.45. The maximum Gasteiger partial charge on any atom is 0.133 e. The van der Waals surface area contributed by atoms with Crippen LogP contribution in [0.2, 0.25) is 0 Å². The van der Waals surface area contributed by atoms with Crippen LogP contribution in [0.3, 0.4) is 0 Å². The fourth-order valence-electron chi connectivity index (χ4n) is 2.67. The summed E-state index contributed by atoms with van der Waals surface area (Å²) < 4.78 is 5.40. The number of aromatic nitrogens is 1. The third kappa shape index (κ3) is 2.28. The van der Waals surface area contributed by atoms with Gasteiger partial charge in [0.2, 0.25) is 0 Å². The Balaban J connectivity index is 1.86. The maximum absolute atomic E-state index is 5.40. The summed E-state index contributed by atoms with van der Waals surface area (Å²) in [6, 6.07) is 4.74. The zero-order valence-corrected chi connectivity index (χ0v) is 10.1. The van der Waals surface area contributed by atoms with Crippen molar-refractivity contribution in [3.63, 3.8) is 0 Å². The molecule has 0 aromatic carbocycles. The third-order valence-electron chi connectivity index (χ3n) is 3.56. The van der Waals surface area contributed by atoms with Gasteiger partial charge in [-0.05, 0) is 25.5 Å². The largest absolute Gasteiger partial charge is 0.378 e. The van der Waals surface area contributed by atoms with Gasteiger partial charge in [0.15, 0.2) is 0 Å².